The molecule has 0 amide bonds. The van der Waals surface area contributed by atoms with E-state index in [2.05, 4.69) is 5.10 Å². The maximum absolute atomic E-state index is 12.2. The molecule has 0 aliphatic rings. The van der Waals surface area contributed by atoms with Gasteiger partial charge in [0.05, 0.1) is 16.3 Å². The normalized spacial score (nSPS) is 10.8. The summed E-state index contributed by atoms with van der Waals surface area (Å²) in [7, 11) is 0. The Bertz CT molecular complexity index is 812. The third-order valence-corrected chi connectivity index (χ3v) is 3.63. The van der Waals surface area contributed by atoms with Gasteiger partial charge in [-0.3, -0.25) is 4.79 Å². The third kappa shape index (κ3) is 2.99. The first-order chi connectivity index (χ1) is 9.95. The van der Waals surface area contributed by atoms with Crippen LogP contribution in [0.15, 0.2) is 34.2 Å². The molecule has 0 spiro atoms. The predicted molar refractivity (Wildman–Crippen MR) is 84.3 cm³/mol. The van der Waals surface area contributed by atoms with Crippen LogP contribution >= 0.6 is 23.2 Å². The van der Waals surface area contributed by atoms with Gasteiger partial charge in [-0.2, -0.15) is 10.4 Å². The molecule has 2 aromatic rings. The average Bonchev–Trinajstić information content (AvgIpc) is 2.41. The van der Waals surface area contributed by atoms with Crippen molar-refractivity contribution in [3.63, 3.8) is 0 Å². The van der Waals surface area contributed by atoms with Crippen LogP contribution in [0.1, 0.15) is 22.4 Å². The van der Waals surface area contributed by atoms with E-state index < -0.39 is 5.56 Å². The molecule has 0 bridgehead atoms. The number of halogens is 2. The first-order valence-electron chi connectivity index (χ1n) is 6.07. The second-order valence-electron chi connectivity index (χ2n) is 4.45. The zero-order valence-corrected chi connectivity index (χ0v) is 12.9. The molecule has 0 saturated carbocycles. The Morgan fingerprint density at radius 1 is 1.29 bits per heavy atom. The molecule has 6 heteroatoms. The van der Waals surface area contributed by atoms with Gasteiger partial charge in [-0.05, 0) is 37.6 Å². The molecule has 2 rings (SSSR count). The minimum absolute atomic E-state index is 0.0722. The molecule has 0 saturated heterocycles. The van der Waals surface area contributed by atoms with E-state index in [1.807, 2.05) is 6.07 Å². The highest BCUT2D eigenvalue weighted by Gasteiger charge is 2.09. The Morgan fingerprint density at radius 2 is 1.90 bits per heavy atom. The number of pyridine rings is 1. The van der Waals surface area contributed by atoms with Crippen molar-refractivity contribution in [3.8, 4) is 6.07 Å². The zero-order valence-electron chi connectivity index (χ0n) is 11.4. The van der Waals surface area contributed by atoms with Gasteiger partial charge < -0.3 is 0 Å². The van der Waals surface area contributed by atoms with Crippen molar-refractivity contribution in [3.05, 3.63) is 67.0 Å². The lowest BCUT2D eigenvalue weighted by Gasteiger charge is -2.07. The summed E-state index contributed by atoms with van der Waals surface area (Å²) in [4.78, 5) is 12.2. The van der Waals surface area contributed by atoms with Crippen molar-refractivity contribution in [2.45, 2.75) is 13.8 Å². The molecule has 0 aliphatic carbocycles. The molecule has 21 heavy (non-hydrogen) atoms. The molecule has 0 unspecified atom stereocenters. The highest BCUT2D eigenvalue weighted by Crippen LogP contribution is 2.22. The summed E-state index contributed by atoms with van der Waals surface area (Å²) >= 11 is 12.1. The number of hydrogen-bond donors (Lipinski definition) is 0. The molecule has 0 fully saturated rings. The Labute approximate surface area is 131 Å². The highest BCUT2D eigenvalue weighted by molar-refractivity contribution is 6.38. The van der Waals surface area contributed by atoms with E-state index in [0.717, 1.165) is 4.68 Å². The van der Waals surface area contributed by atoms with Crippen LogP contribution in [0.2, 0.25) is 10.0 Å². The molecule has 0 aliphatic heterocycles. The summed E-state index contributed by atoms with van der Waals surface area (Å²) in [6.45, 7) is 3.45. The maximum Gasteiger partial charge on any atom is 0.289 e. The first-order valence-corrected chi connectivity index (χ1v) is 6.83. The lowest BCUT2D eigenvalue weighted by atomic mass is 10.1. The van der Waals surface area contributed by atoms with Gasteiger partial charge in [0.15, 0.2) is 0 Å². The van der Waals surface area contributed by atoms with Gasteiger partial charge >= 0.3 is 0 Å². The van der Waals surface area contributed by atoms with Gasteiger partial charge in [0.2, 0.25) is 0 Å². The second kappa shape index (κ2) is 6.13. The molecule has 1 aromatic heterocycles. The van der Waals surface area contributed by atoms with Crippen molar-refractivity contribution < 1.29 is 0 Å². The number of aromatic nitrogens is 1. The standard InChI is InChI=1S/C15H11Cl2N3O/c1-9-6-10(2)20(15(21)11(9)7-18)19-8-12-13(16)4-3-5-14(12)17/h3-6,8H,1-2H3. The molecule has 1 heterocycles. The summed E-state index contributed by atoms with van der Waals surface area (Å²) < 4.78 is 1.16. The van der Waals surface area contributed by atoms with Crippen molar-refractivity contribution in [2.24, 2.45) is 5.10 Å². The van der Waals surface area contributed by atoms with Crippen molar-refractivity contribution in [1.29, 1.82) is 5.26 Å². The highest BCUT2D eigenvalue weighted by atomic mass is 35.5. The van der Waals surface area contributed by atoms with Crippen LogP contribution in [0.4, 0.5) is 0 Å². The summed E-state index contributed by atoms with van der Waals surface area (Å²) in [5.41, 5.74) is 1.38. The molecule has 4 nitrogen and oxygen atoms in total. The molecule has 0 radical (unpaired) electrons. The maximum atomic E-state index is 12.2. The summed E-state index contributed by atoms with van der Waals surface area (Å²) in [6, 6.07) is 8.70. The molecule has 0 atom stereocenters. The van der Waals surface area contributed by atoms with Crippen LogP contribution in [0.5, 0.6) is 0 Å². The third-order valence-electron chi connectivity index (χ3n) is 2.97. The molecule has 106 valence electrons. The van der Waals surface area contributed by atoms with Gasteiger partial charge in [0.1, 0.15) is 11.6 Å². The topological polar surface area (TPSA) is 58.1 Å². The number of aryl methyl sites for hydroxylation is 2. The summed E-state index contributed by atoms with van der Waals surface area (Å²) in [5.74, 6) is 0. The van der Waals surface area contributed by atoms with E-state index in [9.17, 15) is 4.79 Å². The fourth-order valence-electron chi connectivity index (χ4n) is 1.91. The number of hydrogen-bond acceptors (Lipinski definition) is 3. The lowest BCUT2D eigenvalue weighted by Crippen LogP contribution is -2.22. The predicted octanol–water partition coefficient (Wildman–Crippen LogP) is 3.53. The largest absolute Gasteiger partial charge is 0.289 e. The number of nitriles is 1. The summed E-state index contributed by atoms with van der Waals surface area (Å²) in [5, 5.41) is 14.0. The Kier molecular flexibility index (Phi) is 4.46. The monoisotopic (exact) mass is 319 g/mol. The Balaban J connectivity index is 2.58. The summed E-state index contributed by atoms with van der Waals surface area (Å²) in [6.07, 6.45) is 1.41. The molecular weight excluding hydrogens is 309 g/mol. The van der Waals surface area contributed by atoms with Gasteiger partial charge in [-0.25, -0.2) is 4.68 Å². The minimum atomic E-state index is -0.463. The van der Waals surface area contributed by atoms with E-state index in [4.69, 9.17) is 28.5 Å². The van der Waals surface area contributed by atoms with E-state index in [0.29, 0.717) is 26.9 Å². The van der Waals surface area contributed by atoms with Gasteiger partial charge in [0.25, 0.3) is 5.56 Å². The van der Waals surface area contributed by atoms with Crippen molar-refractivity contribution in [1.82, 2.24) is 4.68 Å². The van der Waals surface area contributed by atoms with Crippen LogP contribution in [0.25, 0.3) is 0 Å². The Hall–Kier alpha value is -2.09. The van der Waals surface area contributed by atoms with E-state index >= 15 is 0 Å². The van der Waals surface area contributed by atoms with Crippen molar-refractivity contribution >= 4 is 29.4 Å². The van der Waals surface area contributed by atoms with E-state index in [1.54, 1.807) is 38.1 Å². The fourth-order valence-corrected chi connectivity index (χ4v) is 2.41. The minimum Gasteiger partial charge on any atom is -0.266 e. The molecule has 1 aromatic carbocycles. The fraction of sp³-hybridized carbons (Fsp3) is 0.133. The number of nitrogens with zero attached hydrogens (tertiary/aromatic N) is 3. The van der Waals surface area contributed by atoms with Crippen LogP contribution < -0.4 is 5.56 Å². The van der Waals surface area contributed by atoms with Gasteiger partial charge in [0, 0.05) is 11.3 Å². The van der Waals surface area contributed by atoms with Gasteiger partial charge in [-0.15, -0.1) is 0 Å². The molecule has 0 N–H and O–H groups in total. The quantitative estimate of drug-likeness (QED) is 0.795. The smallest absolute Gasteiger partial charge is 0.266 e. The zero-order chi connectivity index (χ0) is 15.6. The van der Waals surface area contributed by atoms with Crippen molar-refractivity contribution in [2.75, 3.05) is 0 Å². The van der Waals surface area contributed by atoms with Crippen LogP contribution in [0.3, 0.4) is 0 Å². The average molecular weight is 320 g/mol. The lowest BCUT2D eigenvalue weighted by molar-refractivity contribution is 0.786. The second-order valence-corrected chi connectivity index (χ2v) is 5.27. The van der Waals surface area contributed by atoms with E-state index in [1.165, 1.54) is 6.21 Å². The van der Waals surface area contributed by atoms with E-state index in [-0.39, 0.29) is 5.56 Å². The van der Waals surface area contributed by atoms with Crippen LogP contribution in [0, 0.1) is 25.2 Å². The number of rotatable bonds is 2. The first kappa shape index (κ1) is 15.3. The Morgan fingerprint density at radius 3 is 2.48 bits per heavy atom. The molecular formula is C15H11Cl2N3O. The van der Waals surface area contributed by atoms with Crippen LogP contribution in [-0.2, 0) is 0 Å². The van der Waals surface area contributed by atoms with Gasteiger partial charge in [-0.1, -0.05) is 29.3 Å². The van der Waals surface area contributed by atoms with Crippen LogP contribution in [-0.4, -0.2) is 10.9 Å². The number of benzene rings is 1. The SMILES string of the molecule is Cc1cc(C)n(N=Cc2c(Cl)cccc2Cl)c(=O)c1C#N.